The molecule has 3 atom stereocenters. The van der Waals surface area contributed by atoms with Gasteiger partial charge in [0.1, 0.15) is 6.23 Å². The molecular weight excluding hydrogens is 244 g/mol. The molecule has 19 heavy (non-hydrogen) atoms. The second-order valence-electron chi connectivity index (χ2n) is 5.20. The van der Waals surface area contributed by atoms with E-state index in [0.717, 1.165) is 12.8 Å². The van der Waals surface area contributed by atoms with E-state index in [9.17, 15) is 9.59 Å². The summed E-state index contributed by atoms with van der Waals surface area (Å²) in [6.45, 7) is 9.66. The maximum Gasteiger partial charge on any atom is 0.330 e. The van der Waals surface area contributed by atoms with Crippen LogP contribution in [0.2, 0.25) is 0 Å². The van der Waals surface area contributed by atoms with Crippen molar-refractivity contribution in [3.63, 3.8) is 0 Å². The van der Waals surface area contributed by atoms with Gasteiger partial charge in [0.15, 0.2) is 0 Å². The molecular formula is C14H20N2O3. The summed E-state index contributed by atoms with van der Waals surface area (Å²) in [5, 5.41) is 0. The molecule has 0 spiro atoms. The molecule has 0 unspecified atom stereocenters. The Kier molecular flexibility index (Phi) is 3.49. The van der Waals surface area contributed by atoms with Gasteiger partial charge in [0.05, 0.1) is 5.60 Å². The Balaban J connectivity index is 2.41. The number of hydrogen-bond donors (Lipinski definition) is 1. The van der Waals surface area contributed by atoms with Gasteiger partial charge in [-0.15, -0.1) is 6.58 Å². The van der Waals surface area contributed by atoms with Crippen molar-refractivity contribution in [1.82, 2.24) is 9.55 Å². The average molecular weight is 264 g/mol. The summed E-state index contributed by atoms with van der Waals surface area (Å²) >= 11 is 0. The maximum atomic E-state index is 11.9. The highest BCUT2D eigenvalue weighted by Gasteiger charge is 2.43. The molecule has 1 saturated heterocycles. The zero-order valence-electron chi connectivity index (χ0n) is 11.6. The van der Waals surface area contributed by atoms with Gasteiger partial charge in [-0.25, -0.2) is 4.79 Å². The highest BCUT2D eigenvalue weighted by atomic mass is 16.5. The van der Waals surface area contributed by atoms with Gasteiger partial charge in [-0.2, -0.15) is 0 Å². The molecule has 0 bridgehead atoms. The van der Waals surface area contributed by atoms with E-state index >= 15 is 0 Å². The standard InChI is InChI=1S/C14H20N2O3/c1-5-14(6-2)10(4)7-11(19-14)16-8-9(3)12(17)15-13(16)18/h5,8,10-11H,1,6-7H2,2-4H3,(H,15,17,18)/t10-,11-,14-/m1/s1. The predicted molar refractivity (Wildman–Crippen MR) is 73.2 cm³/mol. The first-order valence-corrected chi connectivity index (χ1v) is 6.57. The number of ether oxygens (including phenoxy) is 1. The number of rotatable bonds is 3. The fourth-order valence-electron chi connectivity index (χ4n) is 2.72. The molecule has 0 radical (unpaired) electrons. The molecule has 2 heterocycles. The van der Waals surface area contributed by atoms with Crippen LogP contribution >= 0.6 is 0 Å². The number of aromatic amines is 1. The van der Waals surface area contributed by atoms with E-state index in [-0.39, 0.29) is 17.7 Å². The van der Waals surface area contributed by atoms with Crippen molar-refractivity contribution in [2.24, 2.45) is 5.92 Å². The van der Waals surface area contributed by atoms with E-state index < -0.39 is 11.3 Å². The van der Waals surface area contributed by atoms with E-state index in [1.54, 1.807) is 13.1 Å². The summed E-state index contributed by atoms with van der Waals surface area (Å²) in [7, 11) is 0. The summed E-state index contributed by atoms with van der Waals surface area (Å²) < 4.78 is 7.51. The molecule has 5 nitrogen and oxygen atoms in total. The summed E-state index contributed by atoms with van der Waals surface area (Å²) in [6.07, 6.45) is 4.57. The second kappa shape index (κ2) is 4.81. The van der Waals surface area contributed by atoms with Crippen molar-refractivity contribution in [2.75, 3.05) is 0 Å². The van der Waals surface area contributed by atoms with Crippen molar-refractivity contribution >= 4 is 0 Å². The number of nitrogens with one attached hydrogen (secondary N) is 1. The summed E-state index contributed by atoms with van der Waals surface area (Å²) in [4.78, 5) is 25.6. The van der Waals surface area contributed by atoms with Crippen molar-refractivity contribution in [3.8, 4) is 0 Å². The summed E-state index contributed by atoms with van der Waals surface area (Å²) in [6, 6.07) is 0. The molecule has 1 N–H and O–H groups in total. The molecule has 104 valence electrons. The van der Waals surface area contributed by atoms with E-state index in [1.807, 2.05) is 13.0 Å². The number of aromatic nitrogens is 2. The topological polar surface area (TPSA) is 64.1 Å². The van der Waals surface area contributed by atoms with Crippen LogP contribution in [0.1, 0.15) is 38.5 Å². The largest absolute Gasteiger partial charge is 0.347 e. The van der Waals surface area contributed by atoms with Gasteiger partial charge in [-0.1, -0.05) is 19.9 Å². The minimum Gasteiger partial charge on any atom is -0.347 e. The van der Waals surface area contributed by atoms with Gasteiger partial charge in [0.25, 0.3) is 5.56 Å². The normalized spacial score (nSPS) is 30.5. The van der Waals surface area contributed by atoms with Crippen LogP contribution in [0, 0.1) is 12.8 Å². The Morgan fingerprint density at radius 1 is 1.63 bits per heavy atom. The van der Waals surface area contributed by atoms with Crippen LogP contribution in [-0.4, -0.2) is 15.2 Å². The Labute approximate surface area is 111 Å². The third-order valence-corrected chi connectivity index (χ3v) is 4.10. The van der Waals surface area contributed by atoms with E-state index in [1.165, 1.54) is 4.57 Å². The highest BCUT2D eigenvalue weighted by molar-refractivity contribution is 5.06. The van der Waals surface area contributed by atoms with Crippen LogP contribution < -0.4 is 11.2 Å². The van der Waals surface area contributed by atoms with Gasteiger partial charge < -0.3 is 4.74 Å². The highest BCUT2D eigenvalue weighted by Crippen LogP contribution is 2.43. The monoisotopic (exact) mass is 264 g/mol. The fourth-order valence-corrected chi connectivity index (χ4v) is 2.72. The summed E-state index contributed by atoms with van der Waals surface area (Å²) in [5.41, 5.74) is -0.668. The Hall–Kier alpha value is -1.62. The SMILES string of the molecule is C=C[C@]1(CC)O[C@@H](n2cc(C)c(=O)[nH]c2=O)C[C@H]1C. The molecule has 1 aliphatic rings. The quantitative estimate of drug-likeness (QED) is 0.846. The van der Waals surface area contributed by atoms with Crippen LogP contribution in [0.5, 0.6) is 0 Å². The lowest BCUT2D eigenvalue weighted by atomic mass is 9.86. The molecule has 5 heteroatoms. The van der Waals surface area contributed by atoms with Gasteiger partial charge in [0.2, 0.25) is 0 Å². The minimum atomic E-state index is -0.427. The van der Waals surface area contributed by atoms with Crippen LogP contribution in [0.3, 0.4) is 0 Å². The molecule has 0 amide bonds. The third kappa shape index (κ3) is 2.18. The Morgan fingerprint density at radius 3 is 2.84 bits per heavy atom. The van der Waals surface area contributed by atoms with E-state index in [4.69, 9.17) is 4.74 Å². The van der Waals surface area contributed by atoms with Crippen molar-refractivity contribution in [1.29, 1.82) is 0 Å². The Bertz CT molecular complexity index is 601. The summed E-state index contributed by atoms with van der Waals surface area (Å²) in [5.74, 6) is 0.277. The van der Waals surface area contributed by atoms with Gasteiger partial charge >= 0.3 is 5.69 Å². The molecule has 0 saturated carbocycles. The first kappa shape index (κ1) is 13.8. The lowest BCUT2D eigenvalue weighted by Gasteiger charge is -2.28. The lowest BCUT2D eigenvalue weighted by molar-refractivity contribution is -0.0560. The van der Waals surface area contributed by atoms with Crippen molar-refractivity contribution in [3.05, 3.63) is 45.3 Å². The first-order chi connectivity index (χ1) is 8.93. The van der Waals surface area contributed by atoms with E-state index in [2.05, 4.69) is 18.5 Å². The van der Waals surface area contributed by atoms with Crippen molar-refractivity contribution in [2.45, 2.75) is 45.4 Å². The van der Waals surface area contributed by atoms with Gasteiger partial charge in [-0.3, -0.25) is 14.3 Å². The van der Waals surface area contributed by atoms with Crippen LogP contribution in [0.4, 0.5) is 0 Å². The molecule has 1 aromatic rings. The molecule has 2 rings (SSSR count). The molecule has 1 aliphatic heterocycles. The second-order valence-corrected chi connectivity index (χ2v) is 5.20. The van der Waals surface area contributed by atoms with Crippen LogP contribution in [0.25, 0.3) is 0 Å². The van der Waals surface area contributed by atoms with Crippen LogP contribution in [-0.2, 0) is 4.74 Å². The zero-order chi connectivity index (χ0) is 14.2. The number of aryl methyl sites for hydroxylation is 1. The van der Waals surface area contributed by atoms with Gasteiger partial charge in [0, 0.05) is 11.8 Å². The third-order valence-electron chi connectivity index (χ3n) is 4.10. The first-order valence-electron chi connectivity index (χ1n) is 6.57. The number of H-pyrrole nitrogens is 1. The lowest BCUT2D eigenvalue weighted by Crippen LogP contribution is -2.35. The van der Waals surface area contributed by atoms with E-state index in [0.29, 0.717) is 5.56 Å². The van der Waals surface area contributed by atoms with Crippen molar-refractivity contribution < 1.29 is 4.74 Å². The maximum absolute atomic E-state index is 11.9. The smallest absolute Gasteiger partial charge is 0.330 e. The molecule has 1 aromatic heterocycles. The fraction of sp³-hybridized carbons (Fsp3) is 0.571. The van der Waals surface area contributed by atoms with Crippen LogP contribution in [0.15, 0.2) is 28.4 Å². The zero-order valence-corrected chi connectivity index (χ0v) is 11.6. The minimum absolute atomic E-state index is 0.277. The predicted octanol–water partition coefficient (Wildman–Crippen LogP) is 1.73. The Morgan fingerprint density at radius 2 is 2.32 bits per heavy atom. The molecule has 0 aliphatic carbocycles. The average Bonchev–Trinajstić information content (AvgIpc) is 2.71. The molecule has 0 aromatic carbocycles. The number of nitrogens with zero attached hydrogens (tertiary/aromatic N) is 1. The number of hydrogen-bond acceptors (Lipinski definition) is 3. The molecule has 1 fully saturated rings. The van der Waals surface area contributed by atoms with Gasteiger partial charge in [-0.05, 0) is 25.7 Å².